The Morgan fingerprint density at radius 2 is 0.716 bits per heavy atom. The van der Waals surface area contributed by atoms with Gasteiger partial charge in [-0.2, -0.15) is 0 Å². The van der Waals surface area contributed by atoms with Crippen LogP contribution in [0.5, 0.6) is 0 Å². The number of carbonyl (C=O) groups is 3. The predicted octanol–water partition coefficient (Wildman–Crippen LogP) is 17.0. The number of allylic oxidation sites excluding steroid dienone is 18. The summed E-state index contributed by atoms with van der Waals surface area (Å²) in [5, 5.41) is 9.80. The van der Waals surface area contributed by atoms with Crippen molar-refractivity contribution >= 4 is 25.7 Å². The predicted molar refractivity (Wildman–Crippen MR) is 307 cm³/mol. The molecule has 0 radical (unpaired) electrons. The Hall–Kier alpha value is -3.86. The molecule has 74 heavy (non-hydrogen) atoms. The molecule has 0 aromatic carbocycles. The molecule has 12 heteroatoms. The van der Waals surface area contributed by atoms with Crippen LogP contribution in [0, 0.1) is 0 Å². The van der Waals surface area contributed by atoms with Crippen LogP contribution < -0.4 is 0 Å². The van der Waals surface area contributed by atoms with Crippen molar-refractivity contribution in [2.45, 2.75) is 238 Å². The topological polar surface area (TPSA) is 155 Å². The lowest BCUT2D eigenvalue weighted by Crippen LogP contribution is -2.30. The number of phosphoric ester groups is 1. The van der Waals surface area contributed by atoms with E-state index < -0.39 is 57.8 Å². The maximum atomic E-state index is 12.9. The molecule has 11 nitrogen and oxygen atoms in total. The molecular formula is C62H103O11P. The minimum Gasteiger partial charge on any atom is -0.462 e. The van der Waals surface area contributed by atoms with Crippen LogP contribution >= 0.6 is 7.82 Å². The van der Waals surface area contributed by atoms with Crippen LogP contribution in [0.1, 0.15) is 226 Å². The van der Waals surface area contributed by atoms with Gasteiger partial charge in [0.05, 0.1) is 19.8 Å². The van der Waals surface area contributed by atoms with Crippen molar-refractivity contribution in [3.63, 3.8) is 0 Å². The van der Waals surface area contributed by atoms with Gasteiger partial charge >= 0.3 is 25.7 Å². The number of ether oxygens (including phenoxy) is 3. The first-order valence-electron chi connectivity index (χ1n) is 28.8. The summed E-state index contributed by atoms with van der Waals surface area (Å²) in [6.07, 6.45) is 66.3. The third-order valence-corrected chi connectivity index (χ3v) is 12.6. The van der Waals surface area contributed by atoms with Gasteiger partial charge in [0.1, 0.15) is 12.7 Å². The van der Waals surface area contributed by atoms with E-state index in [1.165, 1.54) is 64.2 Å². The van der Waals surface area contributed by atoms with Crippen molar-refractivity contribution < 1.29 is 52.2 Å². The van der Waals surface area contributed by atoms with Crippen LogP contribution in [-0.4, -0.2) is 66.5 Å². The zero-order valence-corrected chi connectivity index (χ0v) is 47.4. The van der Waals surface area contributed by atoms with Crippen molar-refractivity contribution in [3.05, 3.63) is 109 Å². The fraction of sp³-hybridized carbons (Fsp3) is 0.661. The molecule has 0 fully saturated rings. The summed E-state index contributed by atoms with van der Waals surface area (Å²) in [6, 6.07) is 0. The third-order valence-electron chi connectivity index (χ3n) is 11.7. The number of phosphoric acid groups is 1. The Morgan fingerprint density at radius 3 is 1.16 bits per heavy atom. The number of hydrogen-bond donors (Lipinski definition) is 2. The number of carbonyl (C=O) groups excluding carboxylic acids is 3. The van der Waals surface area contributed by atoms with E-state index in [0.717, 1.165) is 96.3 Å². The third kappa shape index (κ3) is 53.0. The molecule has 0 aromatic rings. The number of hydrogen-bond acceptors (Lipinski definition) is 10. The Balaban J connectivity index is 4.85. The van der Waals surface area contributed by atoms with Crippen LogP contribution in [0.2, 0.25) is 0 Å². The molecule has 0 aliphatic rings. The number of aliphatic hydroxyl groups excluding tert-OH is 1. The normalized spacial score (nSPS) is 14.2. The van der Waals surface area contributed by atoms with E-state index in [1.54, 1.807) is 0 Å². The van der Waals surface area contributed by atoms with Gasteiger partial charge in [-0.1, -0.05) is 201 Å². The molecule has 3 unspecified atom stereocenters. The van der Waals surface area contributed by atoms with Crippen LogP contribution in [-0.2, 0) is 42.2 Å². The van der Waals surface area contributed by atoms with Gasteiger partial charge in [0.15, 0.2) is 6.10 Å². The average molecular weight is 1060 g/mol. The van der Waals surface area contributed by atoms with Gasteiger partial charge in [-0.15, -0.1) is 0 Å². The average Bonchev–Trinajstić information content (AvgIpc) is 3.39. The second-order valence-corrected chi connectivity index (χ2v) is 20.1. The summed E-state index contributed by atoms with van der Waals surface area (Å²) in [5.41, 5.74) is 0. The smallest absolute Gasteiger partial charge is 0.462 e. The van der Waals surface area contributed by atoms with E-state index in [9.17, 15) is 28.9 Å². The highest BCUT2D eigenvalue weighted by Crippen LogP contribution is 2.43. The molecule has 422 valence electrons. The molecule has 2 N–H and O–H groups in total. The van der Waals surface area contributed by atoms with Gasteiger partial charge < -0.3 is 24.2 Å². The monoisotopic (exact) mass is 1050 g/mol. The molecule has 0 bridgehead atoms. The SMILES string of the molecule is CC/C=C\C/C=C\C/C=C\C/C=C\C/C=C\CCCC(=O)OC(COC(=O)CCCCCCCCC/C=C\CCCCCCCC)COP(=O)(O)OCC(CO)OC(=O)CCCCC/C=C\C/C=C\C/C=C\CC. The molecule has 0 aromatic heterocycles. The van der Waals surface area contributed by atoms with Crippen LogP contribution in [0.3, 0.4) is 0 Å². The molecule has 0 aliphatic carbocycles. The maximum absolute atomic E-state index is 12.9. The Bertz CT molecular complexity index is 1660. The molecular weight excluding hydrogens is 952 g/mol. The Labute approximate surface area is 450 Å². The van der Waals surface area contributed by atoms with Gasteiger partial charge in [0.25, 0.3) is 0 Å². The maximum Gasteiger partial charge on any atom is 0.472 e. The van der Waals surface area contributed by atoms with E-state index in [-0.39, 0.29) is 25.9 Å². The Kier molecular flexibility index (Phi) is 52.5. The second-order valence-electron chi connectivity index (χ2n) is 18.7. The highest BCUT2D eigenvalue weighted by Gasteiger charge is 2.28. The van der Waals surface area contributed by atoms with Crippen molar-refractivity contribution in [3.8, 4) is 0 Å². The van der Waals surface area contributed by atoms with Crippen LogP contribution in [0.4, 0.5) is 0 Å². The summed E-state index contributed by atoms with van der Waals surface area (Å²) in [6.45, 7) is 4.30. The fourth-order valence-electron chi connectivity index (χ4n) is 7.34. The quantitative estimate of drug-likeness (QED) is 0.0197. The van der Waals surface area contributed by atoms with Gasteiger partial charge in [-0.3, -0.25) is 23.4 Å². The van der Waals surface area contributed by atoms with E-state index in [0.29, 0.717) is 25.7 Å². The summed E-state index contributed by atoms with van der Waals surface area (Å²) >= 11 is 0. The molecule has 0 heterocycles. The molecule has 0 spiro atoms. The summed E-state index contributed by atoms with van der Waals surface area (Å²) in [7, 11) is -4.78. The van der Waals surface area contributed by atoms with Crippen molar-refractivity contribution in [2.75, 3.05) is 26.4 Å². The van der Waals surface area contributed by atoms with Gasteiger partial charge in [0.2, 0.25) is 0 Å². The summed E-state index contributed by atoms with van der Waals surface area (Å²) in [5.74, 6) is -1.58. The second kappa shape index (κ2) is 55.4. The van der Waals surface area contributed by atoms with Crippen molar-refractivity contribution in [1.82, 2.24) is 0 Å². The first-order valence-corrected chi connectivity index (χ1v) is 30.3. The van der Waals surface area contributed by atoms with Crippen LogP contribution in [0.25, 0.3) is 0 Å². The fourth-order valence-corrected chi connectivity index (χ4v) is 8.12. The molecule has 0 saturated heterocycles. The standard InChI is InChI=1S/C62H103O11P/c1-4-7-10-13-16-19-22-25-27-29-31-34-36-39-42-45-48-51-60(64)69-55-59(73-62(66)53-50-47-44-41-38-35-32-30-28-26-23-20-17-14-11-8-5-2)57-71-74(67,68)70-56-58(54-63)72-61(65)52-49-46-43-40-37-33-24-21-18-15-12-9-6-3/h8-9,11-12,17-18,20-21,25-28,32-33,35,37,41,44,58-59,63H,4-7,10,13-16,19,22-24,29-31,34,36,38-40,42-43,45-57H2,1-3H3,(H,67,68)/b11-8-,12-9-,20-17-,21-18-,27-25-,28-26-,35-32-,37-33-,44-41-. The van der Waals surface area contributed by atoms with Gasteiger partial charge in [-0.05, 0) is 116 Å². The lowest BCUT2D eigenvalue weighted by molar-refractivity contribution is -0.161. The van der Waals surface area contributed by atoms with E-state index in [1.807, 2.05) is 12.2 Å². The zero-order valence-electron chi connectivity index (χ0n) is 46.5. The lowest BCUT2D eigenvalue weighted by Gasteiger charge is -2.21. The molecule has 0 rings (SSSR count). The van der Waals surface area contributed by atoms with Crippen LogP contribution in [0.15, 0.2) is 109 Å². The van der Waals surface area contributed by atoms with Crippen molar-refractivity contribution in [2.24, 2.45) is 0 Å². The molecule has 0 aliphatic heterocycles. The highest BCUT2D eigenvalue weighted by molar-refractivity contribution is 7.47. The molecule has 0 amide bonds. The number of aliphatic hydroxyl groups is 1. The number of unbranched alkanes of at least 4 members (excludes halogenated alkanes) is 17. The van der Waals surface area contributed by atoms with E-state index in [4.69, 9.17) is 23.3 Å². The van der Waals surface area contributed by atoms with Crippen molar-refractivity contribution in [1.29, 1.82) is 0 Å². The first-order chi connectivity index (χ1) is 36.2. The molecule has 3 atom stereocenters. The summed E-state index contributed by atoms with van der Waals surface area (Å²) < 4.78 is 39.4. The van der Waals surface area contributed by atoms with E-state index >= 15 is 0 Å². The largest absolute Gasteiger partial charge is 0.472 e. The summed E-state index contributed by atoms with van der Waals surface area (Å²) in [4.78, 5) is 48.5. The zero-order chi connectivity index (χ0) is 54.1. The van der Waals surface area contributed by atoms with Gasteiger partial charge in [-0.25, -0.2) is 4.57 Å². The van der Waals surface area contributed by atoms with E-state index in [2.05, 4.69) is 118 Å². The number of rotatable bonds is 52. The number of esters is 3. The Morgan fingerprint density at radius 1 is 0.392 bits per heavy atom. The first kappa shape index (κ1) is 70.1. The minimum atomic E-state index is -4.78. The molecule has 0 saturated carbocycles. The lowest BCUT2D eigenvalue weighted by atomic mass is 10.1. The highest BCUT2D eigenvalue weighted by atomic mass is 31.2. The van der Waals surface area contributed by atoms with Gasteiger partial charge in [0, 0.05) is 19.3 Å². The minimum absolute atomic E-state index is 0.0814.